The standard InChI is InChI=1S/C20H32O2/c1-2-3-13-16-19-17-14-11-9-7-5-4-6-8-10-12-15-18-20(21)22-19/h14,17,19H,2-8,10,12-13,15-16,18H2,1H3. The molecule has 0 radical (unpaired) electrons. The van der Waals surface area contributed by atoms with E-state index in [1.54, 1.807) is 0 Å². The molecule has 1 unspecified atom stereocenters. The van der Waals surface area contributed by atoms with E-state index in [-0.39, 0.29) is 12.1 Å². The van der Waals surface area contributed by atoms with Crippen molar-refractivity contribution in [3.8, 4) is 11.8 Å². The van der Waals surface area contributed by atoms with E-state index in [4.69, 9.17) is 4.74 Å². The quantitative estimate of drug-likeness (QED) is 0.386. The summed E-state index contributed by atoms with van der Waals surface area (Å²) >= 11 is 0. The first kappa shape index (κ1) is 18.8. The molecule has 0 saturated carbocycles. The van der Waals surface area contributed by atoms with E-state index in [9.17, 15) is 4.79 Å². The lowest BCUT2D eigenvalue weighted by Gasteiger charge is -2.14. The molecule has 1 heterocycles. The van der Waals surface area contributed by atoms with Crippen molar-refractivity contribution in [2.75, 3.05) is 0 Å². The fourth-order valence-electron chi connectivity index (χ4n) is 2.67. The predicted octanol–water partition coefficient (Wildman–Crippen LogP) is 5.56. The van der Waals surface area contributed by atoms with Gasteiger partial charge in [-0.2, -0.15) is 0 Å². The van der Waals surface area contributed by atoms with Crippen molar-refractivity contribution in [3.63, 3.8) is 0 Å². The van der Waals surface area contributed by atoms with Gasteiger partial charge in [0.2, 0.25) is 0 Å². The molecule has 0 aromatic rings. The Morgan fingerprint density at radius 3 is 2.59 bits per heavy atom. The van der Waals surface area contributed by atoms with Crippen LogP contribution in [0.25, 0.3) is 0 Å². The normalized spacial score (nSPS) is 21.7. The van der Waals surface area contributed by atoms with Crippen LogP contribution in [0.5, 0.6) is 0 Å². The molecule has 1 aliphatic rings. The monoisotopic (exact) mass is 304 g/mol. The number of ether oxygens (including phenoxy) is 1. The van der Waals surface area contributed by atoms with Gasteiger partial charge in [0.05, 0.1) is 0 Å². The van der Waals surface area contributed by atoms with Gasteiger partial charge in [-0.05, 0) is 37.8 Å². The van der Waals surface area contributed by atoms with Gasteiger partial charge >= 0.3 is 5.97 Å². The summed E-state index contributed by atoms with van der Waals surface area (Å²) < 4.78 is 5.60. The highest BCUT2D eigenvalue weighted by molar-refractivity contribution is 5.69. The van der Waals surface area contributed by atoms with Crippen LogP contribution in [0.15, 0.2) is 12.2 Å². The Kier molecular flexibility index (Phi) is 11.5. The summed E-state index contributed by atoms with van der Waals surface area (Å²) in [5, 5.41) is 0. The number of unbranched alkanes of at least 4 members (excludes halogenated alkanes) is 2. The number of carbonyl (C=O) groups excluding carboxylic acids is 1. The van der Waals surface area contributed by atoms with Gasteiger partial charge in [-0.1, -0.05) is 63.7 Å². The summed E-state index contributed by atoms with van der Waals surface area (Å²) in [7, 11) is 0. The molecule has 1 atom stereocenters. The molecule has 0 aliphatic carbocycles. The zero-order valence-corrected chi connectivity index (χ0v) is 14.2. The van der Waals surface area contributed by atoms with Gasteiger partial charge in [-0.25, -0.2) is 0 Å². The molecule has 22 heavy (non-hydrogen) atoms. The molecule has 0 spiro atoms. The largest absolute Gasteiger partial charge is 0.458 e. The lowest BCUT2D eigenvalue weighted by atomic mass is 10.1. The zero-order chi connectivity index (χ0) is 15.9. The Morgan fingerprint density at radius 1 is 1.09 bits per heavy atom. The number of rotatable bonds is 4. The third-order valence-corrected chi connectivity index (χ3v) is 4.05. The second kappa shape index (κ2) is 13.4. The molecule has 2 heteroatoms. The van der Waals surface area contributed by atoms with Crippen LogP contribution in [0, 0.1) is 11.8 Å². The topological polar surface area (TPSA) is 26.3 Å². The third-order valence-electron chi connectivity index (χ3n) is 4.05. The van der Waals surface area contributed by atoms with E-state index in [2.05, 4.69) is 18.8 Å². The average molecular weight is 304 g/mol. The van der Waals surface area contributed by atoms with Crippen molar-refractivity contribution < 1.29 is 9.53 Å². The Bertz CT molecular complexity index is 373. The van der Waals surface area contributed by atoms with E-state index < -0.39 is 0 Å². The molecular weight excluding hydrogens is 272 g/mol. The smallest absolute Gasteiger partial charge is 0.306 e. The summed E-state index contributed by atoms with van der Waals surface area (Å²) in [6.45, 7) is 2.19. The Balaban J connectivity index is 2.51. The van der Waals surface area contributed by atoms with Crippen molar-refractivity contribution in [1.82, 2.24) is 0 Å². The Hall–Kier alpha value is -1.23. The van der Waals surface area contributed by atoms with Crippen LogP contribution in [0.1, 0.15) is 90.4 Å². The molecule has 124 valence electrons. The van der Waals surface area contributed by atoms with Crippen molar-refractivity contribution in [2.24, 2.45) is 0 Å². The average Bonchev–Trinajstić information content (AvgIpc) is 2.50. The molecule has 0 aromatic carbocycles. The van der Waals surface area contributed by atoms with Gasteiger partial charge < -0.3 is 4.74 Å². The number of esters is 1. The molecule has 0 saturated heterocycles. The van der Waals surface area contributed by atoms with Gasteiger partial charge in [0.25, 0.3) is 0 Å². The highest BCUT2D eigenvalue weighted by Gasteiger charge is 2.11. The second-order valence-electron chi connectivity index (χ2n) is 6.18. The lowest BCUT2D eigenvalue weighted by Crippen LogP contribution is -2.16. The summed E-state index contributed by atoms with van der Waals surface area (Å²) in [5.41, 5.74) is 0. The Morgan fingerprint density at radius 2 is 1.82 bits per heavy atom. The number of hydrogen-bond acceptors (Lipinski definition) is 2. The van der Waals surface area contributed by atoms with Crippen LogP contribution in [-0.2, 0) is 9.53 Å². The van der Waals surface area contributed by atoms with Gasteiger partial charge in [-0.15, -0.1) is 0 Å². The van der Waals surface area contributed by atoms with Crippen molar-refractivity contribution in [3.05, 3.63) is 12.2 Å². The van der Waals surface area contributed by atoms with Gasteiger partial charge in [0.1, 0.15) is 6.10 Å². The van der Waals surface area contributed by atoms with E-state index in [1.807, 2.05) is 12.2 Å². The van der Waals surface area contributed by atoms with Gasteiger partial charge in [-0.3, -0.25) is 4.79 Å². The number of cyclic esters (lactones) is 1. The SMILES string of the molecule is CCCCCC1C=CC#CCCCCCCCCCC(=O)O1. The van der Waals surface area contributed by atoms with Crippen molar-refractivity contribution in [1.29, 1.82) is 0 Å². The van der Waals surface area contributed by atoms with E-state index in [0.29, 0.717) is 6.42 Å². The van der Waals surface area contributed by atoms with Crippen LogP contribution >= 0.6 is 0 Å². The molecule has 0 bridgehead atoms. The van der Waals surface area contributed by atoms with Crippen molar-refractivity contribution >= 4 is 5.97 Å². The van der Waals surface area contributed by atoms with Gasteiger partial charge in [0.15, 0.2) is 0 Å². The minimum atomic E-state index is -0.0961. The first-order chi connectivity index (χ1) is 10.8. The molecule has 0 aromatic heterocycles. The van der Waals surface area contributed by atoms with Crippen LogP contribution in [-0.4, -0.2) is 12.1 Å². The number of allylic oxidation sites excluding steroid dienone is 1. The molecule has 0 fully saturated rings. The Labute approximate surface area is 136 Å². The third kappa shape index (κ3) is 10.5. The molecule has 1 aliphatic heterocycles. The maximum absolute atomic E-state index is 11.9. The van der Waals surface area contributed by atoms with Crippen LogP contribution in [0.2, 0.25) is 0 Å². The lowest BCUT2D eigenvalue weighted by molar-refractivity contribution is -0.147. The molecule has 2 nitrogen and oxygen atoms in total. The first-order valence-corrected chi connectivity index (χ1v) is 9.17. The number of carbonyl (C=O) groups is 1. The second-order valence-corrected chi connectivity index (χ2v) is 6.18. The minimum absolute atomic E-state index is 0.0498. The highest BCUT2D eigenvalue weighted by atomic mass is 16.5. The van der Waals surface area contributed by atoms with Crippen LogP contribution < -0.4 is 0 Å². The van der Waals surface area contributed by atoms with Crippen LogP contribution in [0.4, 0.5) is 0 Å². The summed E-state index contributed by atoms with van der Waals surface area (Å²) in [4.78, 5) is 11.9. The molecule has 0 N–H and O–H groups in total. The fraction of sp³-hybridized carbons (Fsp3) is 0.750. The van der Waals surface area contributed by atoms with E-state index in [1.165, 1.54) is 44.9 Å². The molecular formula is C20H32O2. The fourth-order valence-corrected chi connectivity index (χ4v) is 2.67. The maximum atomic E-state index is 11.9. The zero-order valence-electron chi connectivity index (χ0n) is 14.2. The predicted molar refractivity (Wildman–Crippen MR) is 92.5 cm³/mol. The summed E-state index contributed by atoms with van der Waals surface area (Å²) in [6, 6.07) is 0. The summed E-state index contributed by atoms with van der Waals surface area (Å²) in [5.74, 6) is 6.22. The molecule has 0 amide bonds. The minimum Gasteiger partial charge on any atom is -0.458 e. The van der Waals surface area contributed by atoms with Crippen molar-refractivity contribution in [2.45, 2.75) is 96.5 Å². The van der Waals surface area contributed by atoms with E-state index >= 15 is 0 Å². The van der Waals surface area contributed by atoms with Crippen LogP contribution in [0.3, 0.4) is 0 Å². The first-order valence-electron chi connectivity index (χ1n) is 9.17. The summed E-state index contributed by atoms with van der Waals surface area (Å²) in [6.07, 6.45) is 18.1. The highest BCUT2D eigenvalue weighted by Crippen LogP contribution is 2.13. The van der Waals surface area contributed by atoms with Gasteiger partial charge in [0, 0.05) is 12.8 Å². The molecule has 1 rings (SSSR count). The maximum Gasteiger partial charge on any atom is 0.306 e. The number of hydrogen-bond donors (Lipinski definition) is 0. The van der Waals surface area contributed by atoms with E-state index in [0.717, 1.165) is 32.1 Å².